The number of aliphatic hydroxyl groups excluding tert-OH is 1. The third-order valence-corrected chi connectivity index (χ3v) is 3.52. The van der Waals surface area contributed by atoms with Gasteiger partial charge in [0.15, 0.2) is 0 Å². The summed E-state index contributed by atoms with van der Waals surface area (Å²) < 4.78 is 0. The number of hydrogen-bond donors (Lipinski definition) is 1. The van der Waals surface area contributed by atoms with E-state index in [-0.39, 0.29) is 6.61 Å². The van der Waals surface area contributed by atoms with Crippen LogP contribution < -0.4 is 0 Å². The molecule has 0 aliphatic carbocycles. The lowest BCUT2D eigenvalue weighted by Gasteiger charge is -2.06. The summed E-state index contributed by atoms with van der Waals surface area (Å²) in [4.78, 5) is 2.32. The highest BCUT2D eigenvalue weighted by Crippen LogP contribution is 2.30. The van der Waals surface area contributed by atoms with Crippen LogP contribution in [0.25, 0.3) is 0 Å². The largest absolute Gasteiger partial charge is 0.392 e. The second-order valence-electron chi connectivity index (χ2n) is 3.68. The smallest absolute Gasteiger partial charge is 0.0692 e. The highest BCUT2D eigenvalue weighted by atomic mass is 32.2. The highest BCUT2D eigenvalue weighted by molar-refractivity contribution is 7.99. The zero-order valence-electron chi connectivity index (χ0n) is 9.18. The van der Waals surface area contributed by atoms with Gasteiger partial charge in [0.05, 0.1) is 6.61 Å². The molecule has 0 radical (unpaired) electrons. The van der Waals surface area contributed by atoms with E-state index in [0.29, 0.717) is 0 Å². The molecule has 2 heteroatoms. The van der Waals surface area contributed by atoms with Crippen molar-refractivity contribution in [3.05, 3.63) is 59.7 Å². The average Bonchev–Trinajstić information content (AvgIpc) is 2.33. The summed E-state index contributed by atoms with van der Waals surface area (Å²) in [6, 6.07) is 16.4. The molecule has 0 atom stereocenters. The van der Waals surface area contributed by atoms with Crippen LogP contribution in [0.5, 0.6) is 0 Å². The Labute approximate surface area is 100 Å². The van der Waals surface area contributed by atoms with Crippen molar-refractivity contribution in [3.63, 3.8) is 0 Å². The summed E-state index contributed by atoms with van der Waals surface area (Å²) >= 11 is 1.69. The third kappa shape index (κ3) is 2.65. The van der Waals surface area contributed by atoms with E-state index in [1.807, 2.05) is 24.3 Å². The Hall–Kier alpha value is -1.25. The summed E-state index contributed by atoms with van der Waals surface area (Å²) in [5.74, 6) is 0. The first-order valence-corrected chi connectivity index (χ1v) is 6.04. The van der Waals surface area contributed by atoms with Gasteiger partial charge >= 0.3 is 0 Å². The highest BCUT2D eigenvalue weighted by Gasteiger charge is 2.02. The molecule has 0 bridgehead atoms. The number of aliphatic hydroxyl groups is 1. The maximum absolute atomic E-state index is 9.23. The van der Waals surface area contributed by atoms with Crippen molar-refractivity contribution >= 4 is 11.8 Å². The molecule has 2 aromatic rings. The second-order valence-corrected chi connectivity index (χ2v) is 4.80. The Balaban J connectivity index is 2.23. The standard InChI is InChI=1S/C14H14OS/c1-11-6-8-13(9-7-11)16-14-5-3-2-4-12(14)10-15/h2-9,15H,10H2,1H3. The minimum atomic E-state index is 0.0923. The molecule has 16 heavy (non-hydrogen) atoms. The first kappa shape index (κ1) is 11.2. The summed E-state index contributed by atoms with van der Waals surface area (Å²) in [5.41, 5.74) is 2.24. The molecule has 1 N–H and O–H groups in total. The molecule has 2 rings (SSSR count). The quantitative estimate of drug-likeness (QED) is 0.868. The van der Waals surface area contributed by atoms with Gasteiger partial charge in [0.2, 0.25) is 0 Å². The fraction of sp³-hybridized carbons (Fsp3) is 0.143. The van der Waals surface area contributed by atoms with Gasteiger partial charge in [-0.15, -0.1) is 0 Å². The predicted octanol–water partition coefficient (Wildman–Crippen LogP) is 3.64. The fourth-order valence-corrected chi connectivity index (χ4v) is 2.40. The fourth-order valence-electron chi connectivity index (χ4n) is 1.47. The van der Waals surface area contributed by atoms with Crippen LogP contribution in [-0.2, 0) is 6.61 Å². The van der Waals surface area contributed by atoms with Crippen LogP contribution in [0.15, 0.2) is 58.3 Å². The summed E-state index contributed by atoms with van der Waals surface area (Å²) in [6.07, 6.45) is 0. The molecular weight excluding hydrogens is 216 g/mol. The van der Waals surface area contributed by atoms with Gasteiger partial charge in [-0.25, -0.2) is 0 Å². The lowest BCUT2D eigenvalue weighted by atomic mass is 10.2. The van der Waals surface area contributed by atoms with Crippen molar-refractivity contribution in [2.45, 2.75) is 23.3 Å². The van der Waals surface area contributed by atoms with E-state index in [9.17, 15) is 5.11 Å². The Morgan fingerprint density at radius 2 is 1.69 bits per heavy atom. The second kappa shape index (κ2) is 5.19. The van der Waals surface area contributed by atoms with Gasteiger partial charge in [-0.3, -0.25) is 0 Å². The molecule has 0 aliphatic heterocycles. The van der Waals surface area contributed by atoms with Crippen LogP contribution in [0.2, 0.25) is 0 Å². The van der Waals surface area contributed by atoms with E-state index >= 15 is 0 Å². The number of benzene rings is 2. The molecule has 0 fully saturated rings. The van der Waals surface area contributed by atoms with Crippen molar-refractivity contribution < 1.29 is 5.11 Å². The predicted molar refractivity (Wildman–Crippen MR) is 67.7 cm³/mol. The Kier molecular flexibility index (Phi) is 3.65. The van der Waals surface area contributed by atoms with Crippen LogP contribution in [0.1, 0.15) is 11.1 Å². The minimum absolute atomic E-state index is 0.0923. The van der Waals surface area contributed by atoms with E-state index in [1.165, 1.54) is 10.5 Å². The molecule has 0 saturated carbocycles. The zero-order valence-corrected chi connectivity index (χ0v) is 10.00. The van der Waals surface area contributed by atoms with Crippen molar-refractivity contribution in [2.75, 3.05) is 0 Å². The third-order valence-electron chi connectivity index (χ3n) is 2.39. The van der Waals surface area contributed by atoms with E-state index < -0.39 is 0 Å². The van der Waals surface area contributed by atoms with Crippen LogP contribution in [0.3, 0.4) is 0 Å². The van der Waals surface area contributed by atoms with Crippen molar-refractivity contribution in [1.29, 1.82) is 0 Å². The summed E-state index contributed by atoms with van der Waals surface area (Å²) in [6.45, 7) is 2.17. The Bertz CT molecular complexity index is 462. The number of rotatable bonds is 3. The van der Waals surface area contributed by atoms with Gasteiger partial charge in [-0.1, -0.05) is 47.7 Å². The summed E-state index contributed by atoms with van der Waals surface area (Å²) in [5, 5.41) is 9.23. The van der Waals surface area contributed by atoms with Gasteiger partial charge in [0.1, 0.15) is 0 Å². The molecule has 0 unspecified atom stereocenters. The molecule has 0 saturated heterocycles. The molecule has 2 aromatic carbocycles. The number of hydrogen-bond acceptors (Lipinski definition) is 2. The van der Waals surface area contributed by atoms with Gasteiger partial charge in [-0.05, 0) is 30.7 Å². The Morgan fingerprint density at radius 3 is 2.38 bits per heavy atom. The van der Waals surface area contributed by atoms with Crippen molar-refractivity contribution in [1.82, 2.24) is 0 Å². The van der Waals surface area contributed by atoms with Gasteiger partial charge in [0, 0.05) is 9.79 Å². The van der Waals surface area contributed by atoms with E-state index in [4.69, 9.17) is 0 Å². The van der Waals surface area contributed by atoms with Gasteiger partial charge < -0.3 is 5.11 Å². The Morgan fingerprint density at radius 1 is 1.00 bits per heavy atom. The molecule has 0 amide bonds. The lowest BCUT2D eigenvalue weighted by Crippen LogP contribution is -1.86. The maximum atomic E-state index is 9.23. The SMILES string of the molecule is Cc1ccc(Sc2ccccc2CO)cc1. The normalized spacial score (nSPS) is 10.4. The van der Waals surface area contributed by atoms with Crippen molar-refractivity contribution in [3.8, 4) is 0 Å². The first-order valence-electron chi connectivity index (χ1n) is 5.23. The molecular formula is C14H14OS. The molecule has 82 valence electrons. The van der Waals surface area contributed by atoms with E-state index in [1.54, 1.807) is 11.8 Å². The van der Waals surface area contributed by atoms with Crippen LogP contribution in [0, 0.1) is 6.92 Å². The van der Waals surface area contributed by atoms with Crippen LogP contribution in [-0.4, -0.2) is 5.11 Å². The van der Waals surface area contributed by atoms with Gasteiger partial charge in [-0.2, -0.15) is 0 Å². The molecule has 0 heterocycles. The topological polar surface area (TPSA) is 20.2 Å². The number of aryl methyl sites for hydroxylation is 1. The lowest BCUT2D eigenvalue weighted by molar-refractivity contribution is 0.279. The van der Waals surface area contributed by atoms with Crippen molar-refractivity contribution in [2.24, 2.45) is 0 Å². The average molecular weight is 230 g/mol. The van der Waals surface area contributed by atoms with Gasteiger partial charge in [0.25, 0.3) is 0 Å². The first-order chi connectivity index (χ1) is 7.79. The molecule has 0 spiro atoms. The minimum Gasteiger partial charge on any atom is -0.392 e. The molecule has 1 nitrogen and oxygen atoms in total. The monoisotopic (exact) mass is 230 g/mol. The zero-order chi connectivity index (χ0) is 11.4. The van der Waals surface area contributed by atoms with Crippen LogP contribution >= 0.6 is 11.8 Å². The van der Waals surface area contributed by atoms with E-state index in [2.05, 4.69) is 31.2 Å². The molecule has 0 aromatic heterocycles. The van der Waals surface area contributed by atoms with E-state index in [0.717, 1.165) is 10.5 Å². The molecule has 0 aliphatic rings. The van der Waals surface area contributed by atoms with Crippen LogP contribution in [0.4, 0.5) is 0 Å². The summed E-state index contributed by atoms with van der Waals surface area (Å²) in [7, 11) is 0. The maximum Gasteiger partial charge on any atom is 0.0692 e.